The molecule has 0 atom stereocenters. The van der Waals surface area contributed by atoms with Gasteiger partial charge in [-0.2, -0.15) is 0 Å². The molecule has 0 aliphatic carbocycles. The van der Waals surface area contributed by atoms with Gasteiger partial charge in [0.1, 0.15) is 0 Å². The molecule has 2 rings (SSSR count). The van der Waals surface area contributed by atoms with Gasteiger partial charge in [0.25, 0.3) is 0 Å². The van der Waals surface area contributed by atoms with E-state index >= 15 is 0 Å². The minimum Gasteiger partial charge on any atom is -0.478 e. The monoisotopic (exact) mass is 257 g/mol. The van der Waals surface area contributed by atoms with Crippen LogP contribution in [0.15, 0.2) is 36.7 Å². The first-order valence-electron chi connectivity index (χ1n) is 6.02. The number of carboxylic acid groups (broad SMARTS) is 1. The van der Waals surface area contributed by atoms with Crippen molar-refractivity contribution in [3.05, 3.63) is 47.8 Å². The van der Waals surface area contributed by atoms with Crippen LogP contribution in [0.4, 0.5) is 11.6 Å². The second-order valence-electron chi connectivity index (χ2n) is 4.11. The molecule has 0 bridgehead atoms. The molecule has 2 aromatic rings. The highest BCUT2D eigenvalue weighted by atomic mass is 16.4. The Labute approximate surface area is 111 Å². The van der Waals surface area contributed by atoms with E-state index in [2.05, 4.69) is 9.97 Å². The van der Waals surface area contributed by atoms with Gasteiger partial charge in [-0.1, -0.05) is 18.2 Å². The van der Waals surface area contributed by atoms with Crippen molar-refractivity contribution in [1.29, 1.82) is 0 Å². The normalized spacial score (nSPS) is 10.2. The molecule has 19 heavy (non-hydrogen) atoms. The summed E-state index contributed by atoms with van der Waals surface area (Å²) in [5.41, 5.74) is 2.23. The number of aromatic carboxylic acids is 1. The van der Waals surface area contributed by atoms with Crippen LogP contribution in [0.5, 0.6) is 0 Å². The van der Waals surface area contributed by atoms with Gasteiger partial charge in [-0.05, 0) is 25.5 Å². The fourth-order valence-electron chi connectivity index (χ4n) is 1.86. The topological polar surface area (TPSA) is 66.3 Å². The van der Waals surface area contributed by atoms with Crippen molar-refractivity contribution in [3.63, 3.8) is 0 Å². The molecule has 0 aliphatic heterocycles. The minimum atomic E-state index is -1.02. The summed E-state index contributed by atoms with van der Waals surface area (Å²) in [5, 5.41) is 8.84. The molecule has 1 heterocycles. The molecule has 0 spiro atoms. The SMILES string of the molecule is CCN(c1ncc(C(=O)O)cn1)c1ccccc1C. The van der Waals surface area contributed by atoms with Crippen molar-refractivity contribution in [1.82, 2.24) is 9.97 Å². The second-order valence-corrected chi connectivity index (χ2v) is 4.11. The van der Waals surface area contributed by atoms with Gasteiger partial charge >= 0.3 is 5.97 Å². The Kier molecular flexibility index (Phi) is 3.75. The molecular formula is C14H15N3O2. The Balaban J connectivity index is 2.37. The van der Waals surface area contributed by atoms with Crippen LogP contribution in [0.2, 0.25) is 0 Å². The molecule has 0 unspecified atom stereocenters. The molecule has 98 valence electrons. The lowest BCUT2D eigenvalue weighted by Crippen LogP contribution is -2.20. The fraction of sp³-hybridized carbons (Fsp3) is 0.214. The maximum Gasteiger partial charge on any atom is 0.338 e. The van der Waals surface area contributed by atoms with Crippen LogP contribution in [-0.2, 0) is 0 Å². The zero-order valence-corrected chi connectivity index (χ0v) is 10.9. The van der Waals surface area contributed by atoms with Crippen LogP contribution < -0.4 is 4.90 Å². The Morgan fingerprint density at radius 1 is 1.26 bits per heavy atom. The molecule has 0 amide bonds. The maximum atomic E-state index is 10.8. The number of hydrogen-bond acceptors (Lipinski definition) is 4. The summed E-state index contributed by atoms with van der Waals surface area (Å²) in [6.07, 6.45) is 2.65. The molecule has 1 N–H and O–H groups in total. The van der Waals surface area contributed by atoms with Gasteiger partial charge in [-0.25, -0.2) is 14.8 Å². The summed E-state index contributed by atoms with van der Waals surface area (Å²) in [4.78, 5) is 21.0. The van der Waals surface area contributed by atoms with E-state index < -0.39 is 5.97 Å². The van der Waals surface area contributed by atoms with Crippen LogP contribution in [0, 0.1) is 6.92 Å². The van der Waals surface area contributed by atoms with E-state index in [-0.39, 0.29) is 5.56 Å². The van der Waals surface area contributed by atoms with Crippen molar-refractivity contribution >= 4 is 17.6 Å². The lowest BCUT2D eigenvalue weighted by Gasteiger charge is -2.22. The average Bonchev–Trinajstić information content (AvgIpc) is 2.42. The van der Waals surface area contributed by atoms with E-state index in [0.717, 1.165) is 11.3 Å². The Bertz CT molecular complexity index is 581. The van der Waals surface area contributed by atoms with Gasteiger partial charge in [0.15, 0.2) is 0 Å². The number of anilines is 2. The van der Waals surface area contributed by atoms with Gasteiger partial charge in [-0.15, -0.1) is 0 Å². The van der Waals surface area contributed by atoms with Crippen LogP contribution in [0.3, 0.4) is 0 Å². The fourth-order valence-corrected chi connectivity index (χ4v) is 1.86. The van der Waals surface area contributed by atoms with Crippen molar-refractivity contribution < 1.29 is 9.90 Å². The summed E-state index contributed by atoms with van der Waals surface area (Å²) in [5.74, 6) is -0.521. The van der Waals surface area contributed by atoms with E-state index in [9.17, 15) is 4.79 Å². The Hall–Kier alpha value is -2.43. The first-order valence-corrected chi connectivity index (χ1v) is 6.02. The van der Waals surface area contributed by atoms with Crippen molar-refractivity contribution in [2.24, 2.45) is 0 Å². The highest BCUT2D eigenvalue weighted by molar-refractivity contribution is 5.86. The van der Waals surface area contributed by atoms with Crippen molar-refractivity contribution in [3.8, 4) is 0 Å². The smallest absolute Gasteiger partial charge is 0.338 e. The van der Waals surface area contributed by atoms with Crippen LogP contribution >= 0.6 is 0 Å². The van der Waals surface area contributed by atoms with Gasteiger partial charge in [0.2, 0.25) is 5.95 Å². The lowest BCUT2D eigenvalue weighted by molar-refractivity contribution is 0.0696. The third-order valence-electron chi connectivity index (χ3n) is 2.85. The number of rotatable bonds is 4. The van der Waals surface area contributed by atoms with E-state index in [0.29, 0.717) is 12.5 Å². The maximum absolute atomic E-state index is 10.8. The average molecular weight is 257 g/mol. The van der Waals surface area contributed by atoms with E-state index in [1.54, 1.807) is 0 Å². The number of nitrogens with zero attached hydrogens (tertiary/aromatic N) is 3. The van der Waals surface area contributed by atoms with Crippen LogP contribution in [0.1, 0.15) is 22.8 Å². The molecule has 1 aromatic heterocycles. The van der Waals surface area contributed by atoms with E-state index in [1.807, 2.05) is 43.0 Å². The number of carbonyl (C=O) groups is 1. The molecule has 1 aromatic carbocycles. The largest absolute Gasteiger partial charge is 0.478 e. The predicted molar refractivity (Wildman–Crippen MR) is 72.9 cm³/mol. The number of para-hydroxylation sites is 1. The first kappa shape index (κ1) is 13.0. The number of hydrogen-bond donors (Lipinski definition) is 1. The molecular weight excluding hydrogens is 242 g/mol. The van der Waals surface area contributed by atoms with Crippen molar-refractivity contribution in [2.45, 2.75) is 13.8 Å². The van der Waals surface area contributed by atoms with Gasteiger partial charge in [0, 0.05) is 24.6 Å². The third kappa shape index (κ3) is 2.70. The molecule has 0 saturated heterocycles. The number of aryl methyl sites for hydroxylation is 1. The van der Waals surface area contributed by atoms with Crippen LogP contribution in [0.25, 0.3) is 0 Å². The number of benzene rings is 1. The summed E-state index contributed by atoms with van der Waals surface area (Å²) >= 11 is 0. The number of aromatic nitrogens is 2. The van der Waals surface area contributed by atoms with Gasteiger partial charge in [0.05, 0.1) is 5.56 Å². The quantitative estimate of drug-likeness (QED) is 0.912. The zero-order chi connectivity index (χ0) is 13.8. The van der Waals surface area contributed by atoms with Crippen LogP contribution in [-0.4, -0.2) is 27.6 Å². The summed E-state index contributed by atoms with van der Waals surface area (Å²) in [7, 11) is 0. The zero-order valence-electron chi connectivity index (χ0n) is 10.9. The second kappa shape index (κ2) is 5.48. The van der Waals surface area contributed by atoms with E-state index in [1.165, 1.54) is 12.4 Å². The third-order valence-corrected chi connectivity index (χ3v) is 2.85. The predicted octanol–water partition coefficient (Wildman–Crippen LogP) is 2.64. The number of carboxylic acids is 1. The standard InChI is InChI=1S/C14H15N3O2/c1-3-17(12-7-5-4-6-10(12)2)14-15-8-11(9-16-14)13(18)19/h4-9H,3H2,1-2H3,(H,18,19). The van der Waals surface area contributed by atoms with E-state index in [4.69, 9.17) is 5.11 Å². The Morgan fingerprint density at radius 3 is 2.42 bits per heavy atom. The molecule has 0 saturated carbocycles. The molecule has 5 nitrogen and oxygen atoms in total. The first-order chi connectivity index (χ1) is 9.13. The van der Waals surface area contributed by atoms with Crippen molar-refractivity contribution in [2.75, 3.05) is 11.4 Å². The lowest BCUT2D eigenvalue weighted by atomic mass is 10.2. The van der Waals surface area contributed by atoms with Gasteiger partial charge < -0.3 is 10.0 Å². The summed E-state index contributed by atoms with van der Waals surface area (Å²) < 4.78 is 0. The van der Waals surface area contributed by atoms with Gasteiger partial charge in [-0.3, -0.25) is 0 Å². The molecule has 0 fully saturated rings. The summed E-state index contributed by atoms with van der Waals surface area (Å²) in [6, 6.07) is 7.94. The summed E-state index contributed by atoms with van der Waals surface area (Å²) in [6.45, 7) is 4.72. The highest BCUT2D eigenvalue weighted by Crippen LogP contribution is 2.24. The Morgan fingerprint density at radius 2 is 1.89 bits per heavy atom. The molecule has 0 radical (unpaired) electrons. The molecule has 5 heteroatoms. The highest BCUT2D eigenvalue weighted by Gasteiger charge is 2.13. The molecule has 0 aliphatic rings. The minimum absolute atomic E-state index is 0.0876.